The maximum atomic E-state index is 13.2. The van der Waals surface area contributed by atoms with Gasteiger partial charge in [0.2, 0.25) is 0 Å². The number of halogens is 2. The first-order valence-electron chi connectivity index (χ1n) is 6.91. The minimum atomic E-state index is -2.49. The van der Waals surface area contributed by atoms with E-state index in [9.17, 15) is 13.6 Å². The van der Waals surface area contributed by atoms with Crippen molar-refractivity contribution in [1.29, 1.82) is 0 Å². The number of carbonyl (C=O) groups excluding carboxylic acids is 1. The lowest BCUT2D eigenvalue weighted by Crippen LogP contribution is -2.37. The van der Waals surface area contributed by atoms with Crippen LogP contribution in [0.4, 0.5) is 14.6 Å². The minimum Gasteiger partial charge on any atom is -0.462 e. The van der Waals surface area contributed by atoms with Crippen molar-refractivity contribution in [3.05, 3.63) is 11.8 Å². The number of aromatic nitrogens is 2. The van der Waals surface area contributed by atoms with Crippen molar-refractivity contribution in [3.8, 4) is 0 Å². The van der Waals surface area contributed by atoms with Crippen LogP contribution in [-0.4, -0.2) is 34.8 Å². The van der Waals surface area contributed by atoms with Crippen molar-refractivity contribution in [3.63, 3.8) is 0 Å². The Kier molecular flexibility index (Phi) is 3.35. The van der Waals surface area contributed by atoms with E-state index in [0.29, 0.717) is 18.2 Å². The van der Waals surface area contributed by atoms with Gasteiger partial charge in [0.1, 0.15) is 17.4 Å². The number of esters is 1. The molecule has 7 heteroatoms. The van der Waals surface area contributed by atoms with Crippen LogP contribution in [0.15, 0.2) is 6.20 Å². The maximum absolute atomic E-state index is 13.2. The fourth-order valence-corrected chi connectivity index (χ4v) is 2.73. The Labute approximate surface area is 115 Å². The van der Waals surface area contributed by atoms with Gasteiger partial charge in [-0.25, -0.2) is 18.3 Å². The summed E-state index contributed by atoms with van der Waals surface area (Å²) < 4.78 is 32.6. The highest BCUT2D eigenvalue weighted by Crippen LogP contribution is 2.42. The summed E-state index contributed by atoms with van der Waals surface area (Å²) in [6, 6.07) is -0.980. The van der Waals surface area contributed by atoms with Gasteiger partial charge in [-0.2, -0.15) is 5.10 Å². The number of hydrogen-bond acceptors (Lipinski definition) is 4. The number of anilines is 1. The monoisotopic (exact) mass is 285 g/mol. The van der Waals surface area contributed by atoms with Crippen molar-refractivity contribution in [2.45, 2.75) is 44.7 Å². The average Bonchev–Trinajstić information content (AvgIpc) is 3.17. The molecule has 0 radical (unpaired) electrons. The molecular formula is C13H17F2N3O2. The lowest BCUT2D eigenvalue weighted by Gasteiger charge is -2.32. The lowest BCUT2D eigenvalue weighted by molar-refractivity contribution is 0.0521. The molecule has 2 aliphatic rings. The Balaban J connectivity index is 1.93. The van der Waals surface area contributed by atoms with Gasteiger partial charge < -0.3 is 10.1 Å². The van der Waals surface area contributed by atoms with E-state index in [0.717, 1.165) is 12.8 Å². The summed E-state index contributed by atoms with van der Waals surface area (Å²) in [6.07, 6.45) is 1.27. The molecule has 0 amide bonds. The quantitative estimate of drug-likeness (QED) is 0.863. The summed E-state index contributed by atoms with van der Waals surface area (Å²) in [5.41, 5.74) is 0.239. The van der Waals surface area contributed by atoms with E-state index >= 15 is 0 Å². The molecule has 1 aliphatic carbocycles. The van der Waals surface area contributed by atoms with Crippen LogP contribution in [0.5, 0.6) is 0 Å². The van der Waals surface area contributed by atoms with Gasteiger partial charge in [0.05, 0.1) is 12.8 Å². The first-order valence-corrected chi connectivity index (χ1v) is 6.91. The molecule has 1 N–H and O–H groups in total. The van der Waals surface area contributed by atoms with Gasteiger partial charge in [-0.15, -0.1) is 0 Å². The molecule has 0 bridgehead atoms. The summed E-state index contributed by atoms with van der Waals surface area (Å²) in [4.78, 5) is 11.8. The molecule has 0 saturated heterocycles. The van der Waals surface area contributed by atoms with Crippen LogP contribution in [-0.2, 0) is 4.74 Å². The standard InChI is InChI=1S/C13H17F2N3O2/c1-2-20-13(19)8-6-16-18-10(11(14)15)5-9(7-3-4-7)17-12(8)18/h6-7,9-11,17H,2-5H2,1H3/t9-,10-/m0/s1. The predicted octanol–water partition coefficient (Wildman–Crippen LogP) is 2.46. The largest absolute Gasteiger partial charge is 0.462 e. The zero-order valence-corrected chi connectivity index (χ0v) is 11.2. The van der Waals surface area contributed by atoms with E-state index < -0.39 is 18.4 Å². The van der Waals surface area contributed by atoms with E-state index in [2.05, 4.69) is 10.4 Å². The number of ether oxygens (including phenoxy) is 1. The average molecular weight is 285 g/mol. The van der Waals surface area contributed by atoms with Crippen molar-refractivity contribution in [2.24, 2.45) is 5.92 Å². The molecule has 1 aliphatic heterocycles. The molecule has 2 heterocycles. The Hall–Kier alpha value is -1.66. The molecule has 5 nitrogen and oxygen atoms in total. The topological polar surface area (TPSA) is 56.1 Å². The van der Waals surface area contributed by atoms with Crippen LogP contribution in [0.25, 0.3) is 0 Å². The van der Waals surface area contributed by atoms with Crippen molar-refractivity contribution in [2.75, 3.05) is 11.9 Å². The lowest BCUT2D eigenvalue weighted by atomic mass is 10.0. The van der Waals surface area contributed by atoms with E-state index in [1.165, 1.54) is 10.9 Å². The van der Waals surface area contributed by atoms with E-state index in [1.807, 2.05) is 0 Å². The fourth-order valence-electron chi connectivity index (χ4n) is 2.73. The third kappa shape index (κ3) is 2.25. The molecule has 0 unspecified atom stereocenters. The van der Waals surface area contributed by atoms with Gasteiger partial charge in [0.15, 0.2) is 0 Å². The zero-order valence-electron chi connectivity index (χ0n) is 11.2. The first kappa shape index (κ1) is 13.3. The second-order valence-corrected chi connectivity index (χ2v) is 5.30. The van der Waals surface area contributed by atoms with E-state index in [4.69, 9.17) is 4.74 Å². The fraction of sp³-hybridized carbons (Fsp3) is 0.692. The number of nitrogens with zero attached hydrogens (tertiary/aromatic N) is 2. The van der Waals surface area contributed by atoms with E-state index in [-0.39, 0.29) is 18.2 Å². The van der Waals surface area contributed by atoms with Gasteiger partial charge in [-0.3, -0.25) is 0 Å². The third-order valence-electron chi connectivity index (χ3n) is 3.90. The highest BCUT2D eigenvalue weighted by Gasteiger charge is 2.41. The predicted molar refractivity (Wildman–Crippen MR) is 68.0 cm³/mol. The Morgan fingerprint density at radius 2 is 2.35 bits per heavy atom. The minimum absolute atomic E-state index is 0.00798. The molecule has 2 atom stereocenters. The number of hydrogen-bond donors (Lipinski definition) is 1. The highest BCUT2D eigenvalue weighted by atomic mass is 19.3. The number of fused-ring (bicyclic) bond motifs is 1. The second kappa shape index (κ2) is 5.03. The Morgan fingerprint density at radius 1 is 1.60 bits per heavy atom. The molecule has 3 rings (SSSR count). The molecule has 1 aromatic rings. The number of carbonyl (C=O) groups is 1. The molecule has 20 heavy (non-hydrogen) atoms. The normalized spacial score (nSPS) is 25.2. The highest BCUT2D eigenvalue weighted by molar-refractivity contribution is 5.94. The summed E-state index contributed by atoms with van der Waals surface area (Å²) in [5, 5.41) is 7.15. The van der Waals surface area contributed by atoms with Crippen LogP contribution in [0.1, 0.15) is 42.6 Å². The summed E-state index contributed by atoms with van der Waals surface area (Å²) in [7, 11) is 0. The number of rotatable bonds is 4. The number of nitrogens with one attached hydrogen (secondary N) is 1. The SMILES string of the molecule is CCOC(=O)c1cnn2c1N[C@H](C1CC1)C[C@H]2C(F)F. The molecular weight excluding hydrogens is 268 g/mol. The van der Waals surface area contributed by atoms with E-state index in [1.54, 1.807) is 6.92 Å². The second-order valence-electron chi connectivity index (χ2n) is 5.30. The molecule has 1 aromatic heterocycles. The van der Waals surface area contributed by atoms with Gasteiger partial charge in [0, 0.05) is 6.04 Å². The molecule has 1 fully saturated rings. The van der Waals surface area contributed by atoms with Crippen molar-refractivity contribution < 1.29 is 18.3 Å². The van der Waals surface area contributed by atoms with Crippen LogP contribution >= 0.6 is 0 Å². The van der Waals surface area contributed by atoms with Crippen LogP contribution < -0.4 is 5.32 Å². The van der Waals surface area contributed by atoms with Crippen molar-refractivity contribution >= 4 is 11.8 Å². The van der Waals surface area contributed by atoms with Crippen LogP contribution in [0.2, 0.25) is 0 Å². The van der Waals surface area contributed by atoms with Crippen LogP contribution in [0.3, 0.4) is 0 Å². The van der Waals surface area contributed by atoms with Crippen molar-refractivity contribution in [1.82, 2.24) is 9.78 Å². The molecule has 110 valence electrons. The molecule has 1 saturated carbocycles. The Bertz CT molecular complexity index is 514. The maximum Gasteiger partial charge on any atom is 0.343 e. The smallest absolute Gasteiger partial charge is 0.343 e. The van der Waals surface area contributed by atoms with Gasteiger partial charge in [0.25, 0.3) is 6.43 Å². The zero-order chi connectivity index (χ0) is 14.3. The molecule has 0 spiro atoms. The van der Waals surface area contributed by atoms with Gasteiger partial charge >= 0.3 is 5.97 Å². The first-order chi connectivity index (χ1) is 9.61. The summed E-state index contributed by atoms with van der Waals surface area (Å²) in [6.45, 7) is 1.95. The number of alkyl halides is 2. The Morgan fingerprint density at radius 3 is 2.95 bits per heavy atom. The summed E-state index contributed by atoms with van der Waals surface area (Å²) >= 11 is 0. The summed E-state index contributed by atoms with van der Waals surface area (Å²) in [5.74, 6) is 0.276. The van der Waals surface area contributed by atoms with Crippen LogP contribution in [0, 0.1) is 5.92 Å². The van der Waals surface area contributed by atoms with Gasteiger partial charge in [-0.1, -0.05) is 0 Å². The van der Waals surface area contributed by atoms with Gasteiger partial charge in [-0.05, 0) is 32.1 Å². The molecule has 0 aromatic carbocycles. The third-order valence-corrected chi connectivity index (χ3v) is 3.90.